The van der Waals surface area contributed by atoms with E-state index in [1.54, 1.807) is 7.11 Å². The Labute approximate surface area is 133 Å². The van der Waals surface area contributed by atoms with Crippen molar-refractivity contribution in [1.29, 1.82) is 0 Å². The predicted octanol–water partition coefficient (Wildman–Crippen LogP) is 2.36. The number of benzene rings is 1. The molecule has 0 saturated carbocycles. The first-order valence-corrected chi connectivity index (χ1v) is 7.37. The molecule has 0 spiro atoms. The van der Waals surface area contributed by atoms with Crippen molar-refractivity contribution in [3.8, 4) is 5.75 Å². The summed E-state index contributed by atoms with van der Waals surface area (Å²) in [5.74, 6) is 0.882. The van der Waals surface area contributed by atoms with Crippen LogP contribution in [0.25, 0.3) is 0 Å². The Morgan fingerprint density at radius 2 is 2.00 bits per heavy atom. The molecule has 6 nitrogen and oxygen atoms in total. The zero-order valence-corrected chi connectivity index (χ0v) is 13.0. The summed E-state index contributed by atoms with van der Waals surface area (Å²) in [6, 6.07) is 7.71. The number of Topliss-reactive ketones (excluding diaryl/α,β-unsaturated/α-hetero) is 1. The molecule has 1 N–H and O–H groups in total. The van der Waals surface area contributed by atoms with Crippen LogP contribution in [0.4, 0.5) is 5.95 Å². The number of hydrogen-bond acceptors (Lipinski definition) is 5. The maximum absolute atomic E-state index is 12.3. The van der Waals surface area contributed by atoms with E-state index in [-0.39, 0.29) is 23.6 Å². The minimum Gasteiger partial charge on any atom is -0.497 e. The summed E-state index contributed by atoms with van der Waals surface area (Å²) in [4.78, 5) is 31.8. The Morgan fingerprint density at radius 3 is 2.65 bits per heavy atom. The van der Waals surface area contributed by atoms with Crippen LogP contribution < -0.4 is 10.1 Å². The Morgan fingerprint density at radius 1 is 1.26 bits per heavy atom. The van der Waals surface area contributed by atoms with Crippen molar-refractivity contribution in [3.63, 3.8) is 0 Å². The van der Waals surface area contributed by atoms with Crippen molar-refractivity contribution in [1.82, 2.24) is 9.97 Å². The number of aromatic nitrogens is 2. The number of carbonyl (C=O) groups excluding carboxylic acids is 2. The molecule has 0 bridgehead atoms. The van der Waals surface area contributed by atoms with Crippen LogP contribution in [0.1, 0.15) is 40.9 Å². The van der Waals surface area contributed by atoms with Crippen LogP contribution in [0, 0.1) is 0 Å². The molecule has 118 valence electrons. The summed E-state index contributed by atoms with van der Waals surface area (Å²) < 4.78 is 5.16. The van der Waals surface area contributed by atoms with E-state index in [0.29, 0.717) is 24.1 Å². The van der Waals surface area contributed by atoms with Crippen LogP contribution in [-0.4, -0.2) is 28.8 Å². The molecule has 3 rings (SSSR count). The lowest BCUT2D eigenvalue weighted by atomic mass is 9.82. The third kappa shape index (κ3) is 3.21. The van der Waals surface area contributed by atoms with Crippen molar-refractivity contribution in [2.75, 3.05) is 12.4 Å². The van der Waals surface area contributed by atoms with E-state index in [1.807, 2.05) is 24.3 Å². The number of ketones is 1. The smallest absolute Gasteiger partial charge is 0.229 e. The maximum atomic E-state index is 12.3. The monoisotopic (exact) mass is 311 g/mol. The second kappa shape index (κ2) is 6.16. The Balaban J connectivity index is 1.88. The van der Waals surface area contributed by atoms with E-state index < -0.39 is 0 Å². The molecule has 0 fully saturated rings. The van der Waals surface area contributed by atoms with Crippen molar-refractivity contribution in [3.05, 3.63) is 47.3 Å². The SMILES string of the molecule is COc1ccc(C2CC(=O)c3cnc(NC(C)=O)nc3C2)cc1. The van der Waals surface area contributed by atoms with Crippen LogP contribution in [0.15, 0.2) is 30.5 Å². The maximum Gasteiger partial charge on any atom is 0.229 e. The van der Waals surface area contributed by atoms with Gasteiger partial charge in [0.25, 0.3) is 0 Å². The zero-order valence-electron chi connectivity index (χ0n) is 13.0. The van der Waals surface area contributed by atoms with E-state index in [4.69, 9.17) is 4.74 Å². The van der Waals surface area contributed by atoms with Crippen LogP contribution in [0.3, 0.4) is 0 Å². The molecular formula is C17H17N3O3. The number of hydrogen-bond donors (Lipinski definition) is 1. The average molecular weight is 311 g/mol. The van der Waals surface area contributed by atoms with Gasteiger partial charge in [0.05, 0.1) is 18.4 Å². The third-order valence-electron chi connectivity index (χ3n) is 3.91. The number of ether oxygens (including phenoxy) is 1. The highest BCUT2D eigenvalue weighted by molar-refractivity contribution is 5.98. The number of nitrogens with zero attached hydrogens (tertiary/aromatic N) is 2. The van der Waals surface area contributed by atoms with Gasteiger partial charge in [-0.1, -0.05) is 12.1 Å². The summed E-state index contributed by atoms with van der Waals surface area (Å²) in [5, 5.41) is 2.55. The van der Waals surface area contributed by atoms with Gasteiger partial charge in [0.1, 0.15) is 5.75 Å². The summed E-state index contributed by atoms with van der Waals surface area (Å²) in [7, 11) is 1.62. The van der Waals surface area contributed by atoms with E-state index >= 15 is 0 Å². The average Bonchev–Trinajstić information content (AvgIpc) is 2.54. The number of carbonyl (C=O) groups is 2. The van der Waals surface area contributed by atoms with E-state index in [0.717, 1.165) is 11.3 Å². The third-order valence-corrected chi connectivity index (χ3v) is 3.91. The molecule has 0 saturated heterocycles. The molecule has 0 radical (unpaired) electrons. The summed E-state index contributed by atoms with van der Waals surface area (Å²) in [5.41, 5.74) is 2.30. The molecule has 1 heterocycles. The molecule has 1 atom stereocenters. The fraction of sp³-hybridized carbons (Fsp3) is 0.294. The highest BCUT2D eigenvalue weighted by Crippen LogP contribution is 2.32. The summed E-state index contributed by atoms with van der Waals surface area (Å²) >= 11 is 0. The molecule has 6 heteroatoms. The Kier molecular flexibility index (Phi) is 4.06. The van der Waals surface area contributed by atoms with Gasteiger partial charge in [0.2, 0.25) is 11.9 Å². The quantitative estimate of drug-likeness (QED) is 0.941. The van der Waals surface area contributed by atoms with Crippen molar-refractivity contribution in [2.24, 2.45) is 0 Å². The van der Waals surface area contributed by atoms with Gasteiger partial charge >= 0.3 is 0 Å². The lowest BCUT2D eigenvalue weighted by Gasteiger charge is -2.23. The van der Waals surface area contributed by atoms with Crippen LogP contribution in [0.2, 0.25) is 0 Å². The first-order chi connectivity index (χ1) is 11.1. The minimum absolute atomic E-state index is 0.0291. The molecule has 1 aliphatic rings. The van der Waals surface area contributed by atoms with E-state index in [1.165, 1.54) is 13.1 Å². The molecule has 2 aromatic rings. The Hall–Kier alpha value is -2.76. The fourth-order valence-electron chi connectivity index (χ4n) is 2.77. The number of anilines is 1. The molecule has 1 unspecified atom stereocenters. The largest absolute Gasteiger partial charge is 0.497 e. The van der Waals surface area contributed by atoms with Gasteiger partial charge in [0, 0.05) is 19.5 Å². The molecule has 23 heavy (non-hydrogen) atoms. The summed E-state index contributed by atoms with van der Waals surface area (Å²) in [6.45, 7) is 1.40. The fourth-order valence-corrected chi connectivity index (χ4v) is 2.77. The van der Waals surface area contributed by atoms with Gasteiger partial charge in [0.15, 0.2) is 5.78 Å². The molecular weight excluding hydrogens is 294 g/mol. The molecule has 1 aromatic carbocycles. The number of fused-ring (bicyclic) bond motifs is 1. The van der Waals surface area contributed by atoms with Gasteiger partial charge in [-0.2, -0.15) is 0 Å². The number of nitrogens with one attached hydrogen (secondary N) is 1. The minimum atomic E-state index is -0.237. The lowest BCUT2D eigenvalue weighted by molar-refractivity contribution is -0.114. The van der Waals surface area contributed by atoms with E-state index in [2.05, 4.69) is 15.3 Å². The van der Waals surface area contributed by atoms with Gasteiger partial charge in [-0.3, -0.25) is 14.9 Å². The zero-order chi connectivity index (χ0) is 16.4. The molecule has 0 aliphatic heterocycles. The van der Waals surface area contributed by atoms with Gasteiger partial charge in [-0.25, -0.2) is 9.97 Å². The summed E-state index contributed by atoms with van der Waals surface area (Å²) in [6.07, 6.45) is 2.57. The van der Waals surface area contributed by atoms with Gasteiger partial charge in [-0.05, 0) is 30.0 Å². The highest BCUT2D eigenvalue weighted by Gasteiger charge is 2.28. The Bertz CT molecular complexity index is 756. The van der Waals surface area contributed by atoms with Crippen LogP contribution in [0.5, 0.6) is 5.75 Å². The molecule has 1 aliphatic carbocycles. The number of amides is 1. The first kappa shape index (κ1) is 15.1. The second-order valence-corrected chi connectivity index (χ2v) is 5.54. The van der Waals surface area contributed by atoms with Crippen molar-refractivity contribution in [2.45, 2.75) is 25.7 Å². The second-order valence-electron chi connectivity index (χ2n) is 5.54. The van der Waals surface area contributed by atoms with Crippen LogP contribution in [-0.2, 0) is 11.2 Å². The normalized spacial score (nSPS) is 16.6. The standard InChI is InChI=1S/C17H17N3O3/c1-10(21)19-17-18-9-14-15(20-17)7-12(8-16(14)22)11-3-5-13(23-2)6-4-11/h3-6,9,12H,7-8H2,1-2H3,(H,18,19,20,21). The number of methoxy groups -OCH3 is 1. The lowest BCUT2D eigenvalue weighted by Crippen LogP contribution is -2.22. The molecule has 1 aromatic heterocycles. The van der Waals surface area contributed by atoms with Crippen molar-refractivity contribution < 1.29 is 14.3 Å². The predicted molar refractivity (Wildman–Crippen MR) is 84.7 cm³/mol. The van der Waals surface area contributed by atoms with Gasteiger partial charge in [-0.15, -0.1) is 0 Å². The van der Waals surface area contributed by atoms with E-state index in [9.17, 15) is 9.59 Å². The van der Waals surface area contributed by atoms with Crippen molar-refractivity contribution >= 4 is 17.6 Å². The first-order valence-electron chi connectivity index (χ1n) is 7.37. The number of rotatable bonds is 3. The molecule has 1 amide bonds. The van der Waals surface area contributed by atoms with Crippen LogP contribution >= 0.6 is 0 Å². The highest BCUT2D eigenvalue weighted by atomic mass is 16.5. The topological polar surface area (TPSA) is 81.2 Å². The van der Waals surface area contributed by atoms with Gasteiger partial charge < -0.3 is 4.74 Å².